The zero-order valence-corrected chi connectivity index (χ0v) is 12.1. The van der Waals surface area contributed by atoms with Crippen molar-refractivity contribution in [1.82, 2.24) is 0 Å². The van der Waals surface area contributed by atoms with Crippen molar-refractivity contribution in [2.75, 3.05) is 5.32 Å². The number of thiophene rings is 1. The molecule has 1 aromatic carbocycles. The number of nitriles is 1. The minimum absolute atomic E-state index is 0.0994. The van der Waals surface area contributed by atoms with Crippen molar-refractivity contribution >= 4 is 34.3 Å². The van der Waals surface area contributed by atoms with Crippen LogP contribution in [0.5, 0.6) is 0 Å². The van der Waals surface area contributed by atoms with E-state index in [1.807, 2.05) is 6.07 Å². The number of rotatable bonds is 4. The lowest BCUT2D eigenvalue weighted by Crippen LogP contribution is -2.00. The average molecular weight is 308 g/mol. The number of hydrogen-bond acceptors (Lipinski definition) is 5. The highest BCUT2D eigenvalue weighted by atomic mass is 35.5. The number of benzene rings is 1. The Balaban J connectivity index is 2.16. The molecule has 0 aliphatic carbocycles. The largest absolute Gasteiger partial charge is 0.380 e. The number of nitrogens with one attached hydrogen (secondary N) is 1. The van der Waals surface area contributed by atoms with Crippen LogP contribution in [0.2, 0.25) is 5.02 Å². The first-order chi connectivity index (χ1) is 9.51. The smallest absolute Gasteiger partial charge is 0.288 e. The van der Waals surface area contributed by atoms with Crippen LogP contribution < -0.4 is 5.32 Å². The van der Waals surface area contributed by atoms with Crippen LogP contribution in [0, 0.1) is 28.4 Å². The van der Waals surface area contributed by atoms with Crippen molar-refractivity contribution in [3.8, 4) is 6.07 Å². The van der Waals surface area contributed by atoms with E-state index in [4.69, 9.17) is 16.9 Å². The van der Waals surface area contributed by atoms with Gasteiger partial charge in [0.1, 0.15) is 16.0 Å². The molecule has 0 fully saturated rings. The Hall–Kier alpha value is -2.10. The highest BCUT2D eigenvalue weighted by Crippen LogP contribution is 2.31. The van der Waals surface area contributed by atoms with Crippen LogP contribution >= 0.6 is 22.9 Å². The number of halogens is 1. The fourth-order valence-corrected chi connectivity index (χ4v) is 2.69. The van der Waals surface area contributed by atoms with E-state index in [1.165, 1.54) is 17.4 Å². The Labute approximate surface area is 124 Å². The third-order valence-electron chi connectivity index (χ3n) is 2.72. The number of hydrogen-bond donors (Lipinski definition) is 1. The van der Waals surface area contributed by atoms with E-state index < -0.39 is 4.92 Å². The minimum atomic E-state index is -0.502. The quantitative estimate of drug-likeness (QED) is 0.681. The maximum absolute atomic E-state index is 10.8. The number of nitro benzene ring substituents is 1. The second-order valence-electron chi connectivity index (χ2n) is 4.11. The van der Waals surface area contributed by atoms with Gasteiger partial charge >= 0.3 is 0 Å². The molecule has 102 valence electrons. The molecular formula is C13H10ClN3O2S. The molecule has 0 spiro atoms. The molecule has 7 heteroatoms. The zero-order chi connectivity index (χ0) is 14.7. The standard InChI is InChI=1S/C13H10ClN3O2S/c1-8-4-13(17(18)19)11(14)5-12(8)16-7-10-3-2-9(6-15)20-10/h2-5,16H,7H2,1H3. The summed E-state index contributed by atoms with van der Waals surface area (Å²) >= 11 is 7.29. The van der Waals surface area contributed by atoms with Gasteiger partial charge in [-0.2, -0.15) is 5.26 Å². The van der Waals surface area contributed by atoms with Crippen LogP contribution in [0.1, 0.15) is 15.3 Å². The first-order valence-corrected chi connectivity index (χ1v) is 6.88. The predicted molar refractivity (Wildman–Crippen MR) is 79.2 cm³/mol. The molecular weight excluding hydrogens is 298 g/mol. The van der Waals surface area contributed by atoms with Gasteiger partial charge < -0.3 is 5.32 Å². The van der Waals surface area contributed by atoms with Gasteiger partial charge in [-0.05, 0) is 30.7 Å². The maximum Gasteiger partial charge on any atom is 0.288 e. The second kappa shape index (κ2) is 5.90. The maximum atomic E-state index is 10.8. The monoisotopic (exact) mass is 307 g/mol. The minimum Gasteiger partial charge on any atom is -0.380 e. The molecule has 0 aliphatic rings. The molecule has 0 radical (unpaired) electrons. The molecule has 2 aromatic rings. The van der Waals surface area contributed by atoms with Crippen LogP contribution in [0.4, 0.5) is 11.4 Å². The highest BCUT2D eigenvalue weighted by molar-refractivity contribution is 7.12. The van der Waals surface area contributed by atoms with Crippen LogP contribution in [0.3, 0.4) is 0 Å². The molecule has 0 unspecified atom stereocenters. The van der Waals surface area contributed by atoms with E-state index >= 15 is 0 Å². The van der Waals surface area contributed by atoms with Gasteiger partial charge in [-0.1, -0.05) is 11.6 Å². The second-order valence-corrected chi connectivity index (χ2v) is 5.68. The zero-order valence-electron chi connectivity index (χ0n) is 10.5. The van der Waals surface area contributed by atoms with Gasteiger partial charge in [-0.25, -0.2) is 0 Å². The SMILES string of the molecule is Cc1cc([N+](=O)[O-])c(Cl)cc1NCc1ccc(C#N)s1. The van der Waals surface area contributed by atoms with Crippen molar-refractivity contribution in [1.29, 1.82) is 5.26 Å². The van der Waals surface area contributed by atoms with Crippen molar-refractivity contribution in [2.45, 2.75) is 13.5 Å². The van der Waals surface area contributed by atoms with Crippen LogP contribution in [-0.4, -0.2) is 4.92 Å². The van der Waals surface area contributed by atoms with Crippen LogP contribution in [-0.2, 0) is 6.54 Å². The van der Waals surface area contributed by atoms with E-state index in [0.29, 0.717) is 11.4 Å². The molecule has 0 saturated heterocycles. The molecule has 5 nitrogen and oxygen atoms in total. The third kappa shape index (κ3) is 3.07. The van der Waals surface area contributed by atoms with Gasteiger partial charge in [0.15, 0.2) is 0 Å². The highest BCUT2D eigenvalue weighted by Gasteiger charge is 2.14. The third-order valence-corrected chi connectivity index (χ3v) is 4.01. The Morgan fingerprint density at radius 2 is 2.25 bits per heavy atom. The lowest BCUT2D eigenvalue weighted by Gasteiger charge is -2.09. The van der Waals surface area contributed by atoms with Crippen LogP contribution in [0.25, 0.3) is 0 Å². The van der Waals surface area contributed by atoms with Crippen molar-refractivity contribution < 1.29 is 4.92 Å². The Morgan fingerprint density at radius 1 is 1.50 bits per heavy atom. The molecule has 0 bridgehead atoms. The van der Waals surface area contributed by atoms with E-state index in [9.17, 15) is 10.1 Å². The first kappa shape index (κ1) is 14.3. The fraction of sp³-hybridized carbons (Fsp3) is 0.154. The van der Waals surface area contributed by atoms with Gasteiger partial charge in [0.05, 0.1) is 4.92 Å². The molecule has 2 rings (SSSR count). The summed E-state index contributed by atoms with van der Waals surface area (Å²) in [7, 11) is 0. The number of anilines is 1. The summed E-state index contributed by atoms with van der Waals surface area (Å²) < 4.78 is 0. The molecule has 1 N–H and O–H groups in total. The lowest BCUT2D eigenvalue weighted by molar-refractivity contribution is -0.384. The first-order valence-electron chi connectivity index (χ1n) is 5.68. The van der Waals surface area contributed by atoms with Gasteiger partial charge in [-0.15, -0.1) is 11.3 Å². The van der Waals surface area contributed by atoms with Gasteiger partial charge in [-0.3, -0.25) is 10.1 Å². The van der Waals surface area contributed by atoms with Crippen molar-refractivity contribution in [3.05, 3.63) is 54.7 Å². The van der Waals surface area contributed by atoms with Crippen molar-refractivity contribution in [3.63, 3.8) is 0 Å². The van der Waals surface area contributed by atoms with E-state index in [2.05, 4.69) is 11.4 Å². The van der Waals surface area contributed by atoms with Crippen LogP contribution in [0.15, 0.2) is 24.3 Å². The summed E-state index contributed by atoms with van der Waals surface area (Å²) in [6.45, 7) is 2.32. The summed E-state index contributed by atoms with van der Waals surface area (Å²) in [5.74, 6) is 0. The molecule has 0 atom stereocenters. The summed E-state index contributed by atoms with van der Waals surface area (Å²) in [6, 6.07) is 8.71. The summed E-state index contributed by atoms with van der Waals surface area (Å²) in [6.07, 6.45) is 0. The summed E-state index contributed by atoms with van der Waals surface area (Å²) in [5, 5.41) is 22.8. The molecule has 0 aliphatic heterocycles. The topological polar surface area (TPSA) is 79.0 Å². The molecule has 1 heterocycles. The van der Waals surface area contributed by atoms with Crippen molar-refractivity contribution in [2.24, 2.45) is 0 Å². The van der Waals surface area contributed by atoms with E-state index in [-0.39, 0.29) is 10.7 Å². The van der Waals surface area contributed by atoms with E-state index in [1.54, 1.807) is 19.1 Å². The predicted octanol–water partition coefficient (Wildman–Crippen LogP) is 4.10. The van der Waals surface area contributed by atoms with Gasteiger partial charge in [0, 0.05) is 23.2 Å². The van der Waals surface area contributed by atoms with Gasteiger partial charge in [0.2, 0.25) is 0 Å². The normalized spacial score (nSPS) is 10.1. The average Bonchev–Trinajstić information content (AvgIpc) is 2.87. The number of nitrogens with zero attached hydrogens (tertiary/aromatic N) is 2. The molecule has 1 aromatic heterocycles. The Morgan fingerprint density at radius 3 is 2.85 bits per heavy atom. The molecule has 20 heavy (non-hydrogen) atoms. The number of aryl methyl sites for hydroxylation is 1. The Kier molecular flexibility index (Phi) is 4.23. The summed E-state index contributed by atoms with van der Waals surface area (Å²) in [4.78, 5) is 11.9. The summed E-state index contributed by atoms with van der Waals surface area (Å²) in [5.41, 5.74) is 1.39. The molecule has 0 saturated carbocycles. The van der Waals surface area contributed by atoms with E-state index in [0.717, 1.165) is 16.1 Å². The lowest BCUT2D eigenvalue weighted by atomic mass is 10.1. The fourth-order valence-electron chi connectivity index (χ4n) is 1.71. The Bertz CT molecular complexity index is 706. The van der Waals surface area contributed by atoms with Gasteiger partial charge in [0.25, 0.3) is 5.69 Å². The number of nitro groups is 1. The molecule has 0 amide bonds.